The van der Waals surface area contributed by atoms with E-state index >= 15 is 0 Å². The average Bonchev–Trinajstić information content (AvgIpc) is 2.22. The summed E-state index contributed by atoms with van der Waals surface area (Å²) in [5.41, 5.74) is 5.53. The molecule has 0 bridgehead atoms. The van der Waals surface area contributed by atoms with Gasteiger partial charge in [-0.25, -0.2) is 13.2 Å². The van der Waals surface area contributed by atoms with Crippen LogP contribution in [-0.4, -0.2) is 49.5 Å². The van der Waals surface area contributed by atoms with Crippen LogP contribution in [0.15, 0.2) is 0 Å². The quantitative estimate of drug-likeness (QED) is 0.530. The van der Waals surface area contributed by atoms with Gasteiger partial charge in [-0.2, -0.15) is 0 Å². The minimum absolute atomic E-state index is 0.168. The number of amides is 1. The van der Waals surface area contributed by atoms with Gasteiger partial charge in [-0.3, -0.25) is 4.79 Å². The lowest BCUT2D eigenvalue weighted by Gasteiger charge is -2.17. The molecule has 0 radical (unpaired) electrons. The predicted molar refractivity (Wildman–Crippen MR) is 66.8 cm³/mol. The summed E-state index contributed by atoms with van der Waals surface area (Å²) in [7, 11) is -3.26. The summed E-state index contributed by atoms with van der Waals surface area (Å²) >= 11 is 0. The Kier molecular flexibility index (Phi) is 6.85. The molecule has 0 aliphatic heterocycles. The van der Waals surface area contributed by atoms with E-state index in [1.54, 1.807) is 0 Å². The minimum Gasteiger partial charge on any atom is -0.480 e. The monoisotopic (exact) mass is 280 g/mol. The van der Waals surface area contributed by atoms with Crippen molar-refractivity contribution in [3.63, 3.8) is 0 Å². The van der Waals surface area contributed by atoms with Gasteiger partial charge in [0.25, 0.3) is 0 Å². The van der Waals surface area contributed by atoms with Crippen molar-refractivity contribution in [1.82, 2.24) is 5.32 Å². The van der Waals surface area contributed by atoms with Crippen LogP contribution in [-0.2, 0) is 19.4 Å². The average molecular weight is 280 g/mol. The van der Waals surface area contributed by atoms with Crippen LogP contribution in [0.1, 0.15) is 26.2 Å². The van der Waals surface area contributed by atoms with Gasteiger partial charge < -0.3 is 16.2 Å². The molecule has 0 aliphatic carbocycles. The van der Waals surface area contributed by atoms with E-state index in [2.05, 4.69) is 5.32 Å². The molecule has 0 aromatic rings. The second-order valence-corrected chi connectivity index (χ2v) is 6.47. The topological polar surface area (TPSA) is 127 Å². The van der Waals surface area contributed by atoms with Crippen molar-refractivity contribution in [2.75, 3.05) is 12.0 Å². The molecule has 106 valence electrons. The highest BCUT2D eigenvalue weighted by Gasteiger charge is 2.23. The van der Waals surface area contributed by atoms with E-state index in [1.165, 1.54) is 0 Å². The third-order valence-electron chi connectivity index (χ3n) is 2.33. The highest BCUT2D eigenvalue weighted by molar-refractivity contribution is 7.90. The van der Waals surface area contributed by atoms with Gasteiger partial charge in [0, 0.05) is 6.26 Å². The molecule has 0 rings (SSSR count). The molecule has 8 heteroatoms. The van der Waals surface area contributed by atoms with E-state index < -0.39 is 33.8 Å². The fourth-order valence-corrected chi connectivity index (χ4v) is 1.97. The molecular formula is C10H20N2O5S. The maximum absolute atomic E-state index is 11.5. The summed E-state index contributed by atoms with van der Waals surface area (Å²) in [4.78, 5) is 22.4. The van der Waals surface area contributed by atoms with Gasteiger partial charge in [-0.05, 0) is 12.8 Å². The summed E-state index contributed by atoms with van der Waals surface area (Å²) in [6.45, 7) is 1.85. The van der Waals surface area contributed by atoms with Gasteiger partial charge in [0.05, 0.1) is 11.8 Å². The molecule has 0 fully saturated rings. The van der Waals surface area contributed by atoms with Crippen LogP contribution in [0.3, 0.4) is 0 Å². The van der Waals surface area contributed by atoms with E-state index in [-0.39, 0.29) is 12.2 Å². The van der Waals surface area contributed by atoms with E-state index in [1.807, 2.05) is 6.92 Å². The van der Waals surface area contributed by atoms with Crippen LogP contribution < -0.4 is 11.1 Å². The smallest absolute Gasteiger partial charge is 0.326 e. The number of nitrogens with one attached hydrogen (secondary N) is 1. The van der Waals surface area contributed by atoms with Crippen LogP contribution in [0.4, 0.5) is 0 Å². The van der Waals surface area contributed by atoms with Crippen molar-refractivity contribution in [2.24, 2.45) is 5.73 Å². The maximum Gasteiger partial charge on any atom is 0.326 e. The van der Waals surface area contributed by atoms with Gasteiger partial charge in [0.1, 0.15) is 15.9 Å². The van der Waals surface area contributed by atoms with Crippen LogP contribution in [0, 0.1) is 0 Å². The molecule has 7 nitrogen and oxygen atoms in total. The van der Waals surface area contributed by atoms with Gasteiger partial charge in [0.2, 0.25) is 5.91 Å². The zero-order valence-electron chi connectivity index (χ0n) is 10.5. The number of carboxylic acids is 1. The fourth-order valence-electron chi connectivity index (χ4n) is 1.31. The molecule has 0 aliphatic rings. The number of carbonyl (C=O) groups is 2. The third kappa shape index (κ3) is 7.23. The van der Waals surface area contributed by atoms with Crippen molar-refractivity contribution in [3.8, 4) is 0 Å². The Morgan fingerprint density at radius 2 is 1.89 bits per heavy atom. The van der Waals surface area contributed by atoms with Crippen molar-refractivity contribution >= 4 is 21.7 Å². The Bertz CT molecular complexity index is 393. The number of aliphatic carboxylic acids is 1. The molecule has 0 saturated heterocycles. The highest BCUT2D eigenvalue weighted by atomic mass is 32.2. The number of sulfone groups is 1. The fraction of sp³-hybridized carbons (Fsp3) is 0.800. The Labute approximate surface area is 107 Å². The van der Waals surface area contributed by atoms with Crippen LogP contribution in [0.5, 0.6) is 0 Å². The lowest BCUT2D eigenvalue weighted by atomic mass is 10.1. The van der Waals surface area contributed by atoms with E-state index in [0.29, 0.717) is 12.8 Å². The van der Waals surface area contributed by atoms with Crippen LogP contribution in [0.25, 0.3) is 0 Å². The number of carbonyl (C=O) groups excluding carboxylic acids is 1. The SMILES string of the molecule is CCCC(N)C(=O)NC(CCS(C)(=O)=O)C(=O)O. The second-order valence-electron chi connectivity index (χ2n) is 4.21. The van der Waals surface area contributed by atoms with Gasteiger partial charge >= 0.3 is 5.97 Å². The lowest BCUT2D eigenvalue weighted by Crippen LogP contribution is -2.48. The zero-order valence-corrected chi connectivity index (χ0v) is 11.4. The molecule has 0 spiro atoms. The first-order chi connectivity index (χ1) is 8.17. The Morgan fingerprint density at radius 3 is 2.28 bits per heavy atom. The number of rotatable bonds is 8. The Balaban J connectivity index is 4.45. The predicted octanol–water partition coefficient (Wildman–Crippen LogP) is -0.882. The zero-order chi connectivity index (χ0) is 14.3. The maximum atomic E-state index is 11.5. The molecule has 0 heterocycles. The second kappa shape index (κ2) is 7.32. The molecule has 0 saturated carbocycles. The molecular weight excluding hydrogens is 260 g/mol. The molecule has 1 amide bonds. The normalized spacial score (nSPS) is 14.8. The van der Waals surface area contributed by atoms with Gasteiger partial charge in [0.15, 0.2) is 0 Å². The minimum atomic E-state index is -3.26. The summed E-state index contributed by atoms with van der Waals surface area (Å²) < 4.78 is 21.9. The van der Waals surface area contributed by atoms with Crippen molar-refractivity contribution in [2.45, 2.75) is 38.3 Å². The Hall–Kier alpha value is -1.15. The van der Waals surface area contributed by atoms with Gasteiger partial charge in [-0.15, -0.1) is 0 Å². The number of carboxylic acid groups (broad SMARTS) is 1. The summed E-state index contributed by atoms with van der Waals surface area (Å²) in [5, 5.41) is 11.1. The molecule has 2 unspecified atom stereocenters. The highest BCUT2D eigenvalue weighted by Crippen LogP contribution is 2.00. The van der Waals surface area contributed by atoms with Crippen molar-refractivity contribution < 1.29 is 23.1 Å². The molecule has 2 atom stereocenters. The van der Waals surface area contributed by atoms with Crippen molar-refractivity contribution in [3.05, 3.63) is 0 Å². The number of hydrogen-bond donors (Lipinski definition) is 3. The van der Waals surface area contributed by atoms with E-state index in [9.17, 15) is 18.0 Å². The molecule has 0 aromatic carbocycles. The van der Waals surface area contributed by atoms with Crippen LogP contribution >= 0.6 is 0 Å². The Morgan fingerprint density at radius 1 is 1.33 bits per heavy atom. The van der Waals surface area contributed by atoms with Crippen LogP contribution in [0.2, 0.25) is 0 Å². The molecule has 0 aromatic heterocycles. The number of nitrogens with two attached hydrogens (primary N) is 1. The largest absolute Gasteiger partial charge is 0.480 e. The summed E-state index contributed by atoms with van der Waals surface area (Å²) in [6.07, 6.45) is 2.00. The molecule has 4 N–H and O–H groups in total. The standard InChI is InChI=1S/C10H20N2O5S/c1-3-4-7(11)9(13)12-8(10(14)15)5-6-18(2,16)17/h7-8H,3-6,11H2,1-2H3,(H,12,13)(H,14,15). The number of hydrogen-bond acceptors (Lipinski definition) is 5. The third-order valence-corrected chi connectivity index (χ3v) is 3.31. The first-order valence-electron chi connectivity index (χ1n) is 5.64. The lowest BCUT2D eigenvalue weighted by molar-refractivity contribution is -0.142. The molecule has 18 heavy (non-hydrogen) atoms. The van der Waals surface area contributed by atoms with Gasteiger partial charge in [-0.1, -0.05) is 13.3 Å². The van der Waals surface area contributed by atoms with Crippen molar-refractivity contribution in [1.29, 1.82) is 0 Å². The first-order valence-corrected chi connectivity index (χ1v) is 7.70. The van der Waals surface area contributed by atoms with E-state index in [0.717, 1.165) is 6.26 Å². The summed E-state index contributed by atoms with van der Waals surface area (Å²) in [5.74, 6) is -2.14. The first kappa shape index (κ1) is 16.9. The van der Waals surface area contributed by atoms with E-state index in [4.69, 9.17) is 10.8 Å². The summed E-state index contributed by atoms with van der Waals surface area (Å²) in [6, 6.07) is -2.00.